The molecule has 0 bridgehead atoms. The highest BCUT2D eigenvalue weighted by Crippen LogP contribution is 2.29. The van der Waals surface area contributed by atoms with Crippen molar-refractivity contribution in [2.75, 3.05) is 13.1 Å². The van der Waals surface area contributed by atoms with Gasteiger partial charge in [0.25, 0.3) is 0 Å². The summed E-state index contributed by atoms with van der Waals surface area (Å²) in [5.74, 6) is 0.982. The summed E-state index contributed by atoms with van der Waals surface area (Å²) in [6, 6.07) is 4.74. The Kier molecular flexibility index (Phi) is 4.38. The van der Waals surface area contributed by atoms with E-state index in [-0.39, 0.29) is 0 Å². The maximum Gasteiger partial charge on any atom is 0.0539 e. The SMILES string of the molecule is Cc1ccc(C(CN)NCCC2CCC2)s1. The molecular formula is C13H22N2S. The predicted molar refractivity (Wildman–Crippen MR) is 70.8 cm³/mol. The minimum Gasteiger partial charge on any atom is -0.329 e. The van der Waals surface area contributed by atoms with Crippen LogP contribution in [0.5, 0.6) is 0 Å². The smallest absolute Gasteiger partial charge is 0.0539 e. The van der Waals surface area contributed by atoms with Crippen molar-refractivity contribution in [3.63, 3.8) is 0 Å². The molecule has 2 nitrogen and oxygen atoms in total. The van der Waals surface area contributed by atoms with Gasteiger partial charge in [0, 0.05) is 16.3 Å². The molecule has 1 saturated carbocycles. The predicted octanol–water partition coefficient (Wildman–Crippen LogP) is 2.84. The molecule has 0 aromatic carbocycles. The molecule has 3 N–H and O–H groups in total. The van der Waals surface area contributed by atoms with E-state index in [4.69, 9.17) is 5.73 Å². The molecule has 1 aromatic heterocycles. The lowest BCUT2D eigenvalue weighted by Gasteiger charge is -2.26. The Labute approximate surface area is 102 Å². The summed E-state index contributed by atoms with van der Waals surface area (Å²) in [6.45, 7) is 3.96. The topological polar surface area (TPSA) is 38.0 Å². The Bertz CT molecular complexity index is 317. The highest BCUT2D eigenvalue weighted by atomic mass is 32.1. The minimum absolute atomic E-state index is 0.360. The third-order valence-corrected chi connectivity index (χ3v) is 4.62. The normalized spacial score (nSPS) is 18.4. The van der Waals surface area contributed by atoms with E-state index in [0.717, 1.165) is 12.5 Å². The first-order valence-electron chi connectivity index (χ1n) is 6.29. The lowest BCUT2D eigenvalue weighted by molar-refractivity contribution is 0.288. The van der Waals surface area contributed by atoms with E-state index in [1.165, 1.54) is 35.4 Å². The van der Waals surface area contributed by atoms with E-state index in [2.05, 4.69) is 24.4 Å². The third kappa shape index (κ3) is 3.06. The summed E-state index contributed by atoms with van der Waals surface area (Å²) in [7, 11) is 0. The molecule has 0 aliphatic heterocycles. The van der Waals surface area contributed by atoms with Crippen LogP contribution in [0.15, 0.2) is 12.1 Å². The molecule has 1 aliphatic rings. The summed E-state index contributed by atoms with van der Waals surface area (Å²) in [5, 5.41) is 3.58. The Morgan fingerprint density at radius 1 is 1.50 bits per heavy atom. The molecule has 1 aliphatic carbocycles. The third-order valence-electron chi connectivity index (χ3n) is 3.51. The van der Waals surface area contributed by atoms with Crippen LogP contribution in [0.25, 0.3) is 0 Å². The van der Waals surface area contributed by atoms with E-state index in [1.54, 1.807) is 0 Å². The van der Waals surface area contributed by atoms with Gasteiger partial charge in [0.2, 0.25) is 0 Å². The van der Waals surface area contributed by atoms with Gasteiger partial charge in [-0.3, -0.25) is 0 Å². The fourth-order valence-electron chi connectivity index (χ4n) is 2.18. The largest absolute Gasteiger partial charge is 0.329 e. The second-order valence-electron chi connectivity index (χ2n) is 4.78. The zero-order valence-corrected chi connectivity index (χ0v) is 10.9. The van der Waals surface area contributed by atoms with Crippen LogP contribution in [0.1, 0.15) is 41.5 Å². The molecule has 1 fully saturated rings. The minimum atomic E-state index is 0.360. The van der Waals surface area contributed by atoms with E-state index >= 15 is 0 Å². The van der Waals surface area contributed by atoms with Crippen LogP contribution < -0.4 is 11.1 Å². The summed E-state index contributed by atoms with van der Waals surface area (Å²) in [6.07, 6.45) is 5.64. The van der Waals surface area contributed by atoms with E-state index < -0.39 is 0 Å². The van der Waals surface area contributed by atoms with Crippen molar-refractivity contribution >= 4 is 11.3 Å². The fourth-order valence-corrected chi connectivity index (χ4v) is 3.15. The highest BCUT2D eigenvalue weighted by Gasteiger charge is 2.17. The summed E-state index contributed by atoms with van der Waals surface area (Å²) in [5.41, 5.74) is 5.82. The van der Waals surface area contributed by atoms with Crippen molar-refractivity contribution in [1.82, 2.24) is 5.32 Å². The fraction of sp³-hybridized carbons (Fsp3) is 0.692. The van der Waals surface area contributed by atoms with Crippen LogP contribution in [0.2, 0.25) is 0 Å². The van der Waals surface area contributed by atoms with Crippen molar-refractivity contribution in [2.24, 2.45) is 11.7 Å². The molecule has 3 heteroatoms. The van der Waals surface area contributed by atoms with Crippen LogP contribution in [0, 0.1) is 12.8 Å². The Morgan fingerprint density at radius 2 is 2.31 bits per heavy atom. The lowest BCUT2D eigenvalue weighted by atomic mass is 9.83. The molecule has 0 saturated heterocycles. The van der Waals surface area contributed by atoms with Gasteiger partial charge in [-0.1, -0.05) is 19.3 Å². The van der Waals surface area contributed by atoms with Gasteiger partial charge >= 0.3 is 0 Å². The number of hydrogen-bond acceptors (Lipinski definition) is 3. The average Bonchev–Trinajstić information content (AvgIpc) is 2.62. The standard InChI is InChI=1S/C13H22N2S/c1-10-5-6-13(16-10)12(9-14)15-8-7-11-3-2-4-11/h5-6,11-12,15H,2-4,7-9,14H2,1H3. The summed E-state index contributed by atoms with van der Waals surface area (Å²) >= 11 is 1.86. The molecule has 0 spiro atoms. The van der Waals surface area contributed by atoms with E-state index in [9.17, 15) is 0 Å². The number of rotatable bonds is 6. The van der Waals surface area contributed by atoms with Gasteiger partial charge in [0.05, 0.1) is 6.04 Å². The molecular weight excluding hydrogens is 216 g/mol. The summed E-state index contributed by atoms with van der Waals surface area (Å²) in [4.78, 5) is 2.75. The van der Waals surface area contributed by atoms with Gasteiger partial charge < -0.3 is 11.1 Å². The second-order valence-corrected chi connectivity index (χ2v) is 6.10. The van der Waals surface area contributed by atoms with Crippen molar-refractivity contribution in [1.29, 1.82) is 0 Å². The number of aryl methyl sites for hydroxylation is 1. The average molecular weight is 238 g/mol. The second kappa shape index (κ2) is 5.80. The molecule has 16 heavy (non-hydrogen) atoms. The number of thiophene rings is 1. The van der Waals surface area contributed by atoms with Gasteiger partial charge in [-0.2, -0.15) is 0 Å². The molecule has 1 heterocycles. The van der Waals surface area contributed by atoms with Crippen LogP contribution >= 0.6 is 11.3 Å². The van der Waals surface area contributed by atoms with Crippen LogP contribution in [0.4, 0.5) is 0 Å². The van der Waals surface area contributed by atoms with Crippen molar-refractivity contribution in [3.8, 4) is 0 Å². The van der Waals surface area contributed by atoms with Gasteiger partial charge in [0.15, 0.2) is 0 Å². The Hall–Kier alpha value is -0.380. The lowest BCUT2D eigenvalue weighted by Crippen LogP contribution is -2.30. The first-order valence-corrected chi connectivity index (χ1v) is 7.11. The molecule has 1 aromatic rings. The van der Waals surface area contributed by atoms with Crippen molar-refractivity contribution < 1.29 is 0 Å². The molecule has 0 radical (unpaired) electrons. The first kappa shape index (κ1) is 12.1. The van der Waals surface area contributed by atoms with Crippen LogP contribution in [-0.2, 0) is 0 Å². The van der Waals surface area contributed by atoms with Gasteiger partial charge in [-0.25, -0.2) is 0 Å². The zero-order valence-electron chi connectivity index (χ0n) is 10.0. The maximum absolute atomic E-state index is 5.82. The van der Waals surface area contributed by atoms with Gasteiger partial charge in [-0.05, 0) is 37.9 Å². The molecule has 90 valence electrons. The highest BCUT2D eigenvalue weighted by molar-refractivity contribution is 7.12. The van der Waals surface area contributed by atoms with Crippen molar-refractivity contribution in [2.45, 2.75) is 38.6 Å². The first-order chi connectivity index (χ1) is 7.79. The van der Waals surface area contributed by atoms with Crippen LogP contribution in [-0.4, -0.2) is 13.1 Å². The molecule has 1 atom stereocenters. The summed E-state index contributed by atoms with van der Waals surface area (Å²) < 4.78 is 0. The van der Waals surface area contributed by atoms with E-state index in [0.29, 0.717) is 12.6 Å². The Morgan fingerprint density at radius 3 is 2.81 bits per heavy atom. The Balaban J connectivity index is 1.76. The monoisotopic (exact) mass is 238 g/mol. The van der Waals surface area contributed by atoms with Gasteiger partial charge in [0.1, 0.15) is 0 Å². The van der Waals surface area contributed by atoms with Gasteiger partial charge in [-0.15, -0.1) is 11.3 Å². The number of nitrogens with two attached hydrogens (primary N) is 1. The maximum atomic E-state index is 5.82. The van der Waals surface area contributed by atoms with E-state index in [1.807, 2.05) is 11.3 Å². The van der Waals surface area contributed by atoms with Crippen molar-refractivity contribution in [3.05, 3.63) is 21.9 Å². The molecule has 2 rings (SSSR count). The number of nitrogens with one attached hydrogen (secondary N) is 1. The quantitative estimate of drug-likeness (QED) is 0.800. The number of hydrogen-bond donors (Lipinski definition) is 2. The van der Waals surface area contributed by atoms with Crippen LogP contribution in [0.3, 0.4) is 0 Å². The molecule has 0 amide bonds. The zero-order chi connectivity index (χ0) is 11.4. The molecule has 1 unspecified atom stereocenters.